The fourth-order valence-electron chi connectivity index (χ4n) is 3.78. The first kappa shape index (κ1) is 30.2. The minimum Gasteiger partial charge on any atom is -0.462 e. The highest BCUT2D eigenvalue weighted by Gasteiger charge is 2.23. The first-order valence-corrected chi connectivity index (χ1v) is 12.5. The molecule has 0 aromatic heterocycles. The molecule has 37 heavy (non-hydrogen) atoms. The van der Waals surface area contributed by atoms with E-state index >= 15 is 0 Å². The van der Waals surface area contributed by atoms with Gasteiger partial charge in [0.05, 0.1) is 24.8 Å². The van der Waals surface area contributed by atoms with E-state index in [0.29, 0.717) is 56.2 Å². The number of benzene rings is 2. The maximum Gasteiger partial charge on any atom is 0.293 e. The average Bonchev–Trinajstić information content (AvgIpc) is 2.84. The zero-order valence-corrected chi connectivity index (χ0v) is 22.9. The van der Waals surface area contributed by atoms with Gasteiger partial charge in [0.1, 0.15) is 11.4 Å². The summed E-state index contributed by atoms with van der Waals surface area (Å²) in [5, 5.41) is 9.07. The van der Waals surface area contributed by atoms with E-state index in [2.05, 4.69) is 34.7 Å². The molecule has 8 heteroatoms. The normalized spacial score (nSPS) is 17.4. The van der Waals surface area contributed by atoms with Gasteiger partial charge in [0, 0.05) is 37.7 Å². The van der Waals surface area contributed by atoms with E-state index in [0.717, 1.165) is 17.8 Å². The molecule has 1 heterocycles. The molecule has 202 valence electrons. The topological polar surface area (TPSA) is 75.0 Å². The third-order valence-corrected chi connectivity index (χ3v) is 5.67. The third-order valence-electron chi connectivity index (χ3n) is 5.67. The van der Waals surface area contributed by atoms with Crippen LogP contribution >= 0.6 is 0 Å². The molecule has 3 rings (SSSR count). The molecule has 0 aliphatic carbocycles. The van der Waals surface area contributed by atoms with Crippen LogP contribution in [0.4, 0.5) is 10.1 Å². The number of hydrogen-bond donors (Lipinski definition) is 0. The van der Waals surface area contributed by atoms with Gasteiger partial charge in [-0.1, -0.05) is 12.1 Å². The largest absolute Gasteiger partial charge is 0.462 e. The van der Waals surface area contributed by atoms with Gasteiger partial charge in [-0.25, -0.2) is 4.39 Å². The lowest BCUT2D eigenvalue weighted by Crippen LogP contribution is -2.39. The summed E-state index contributed by atoms with van der Waals surface area (Å²) >= 11 is 0. The number of rotatable bonds is 9. The molecule has 0 spiro atoms. The summed E-state index contributed by atoms with van der Waals surface area (Å²) in [7, 11) is 4.10. The summed E-state index contributed by atoms with van der Waals surface area (Å²) in [6.07, 6.45) is 0.474. The van der Waals surface area contributed by atoms with Gasteiger partial charge in [0.15, 0.2) is 6.29 Å². The van der Waals surface area contributed by atoms with Gasteiger partial charge >= 0.3 is 0 Å². The zero-order valence-electron chi connectivity index (χ0n) is 22.9. The molecule has 0 radical (unpaired) electrons. The van der Waals surface area contributed by atoms with Gasteiger partial charge < -0.3 is 24.0 Å². The molecule has 0 bridgehead atoms. The van der Waals surface area contributed by atoms with Crippen LogP contribution in [0.2, 0.25) is 0 Å². The maximum atomic E-state index is 14.0. The van der Waals surface area contributed by atoms with Crippen LogP contribution in [0.5, 0.6) is 0 Å². The Hall–Kier alpha value is -2.99. The van der Waals surface area contributed by atoms with Crippen LogP contribution < -0.4 is 4.90 Å². The lowest BCUT2D eigenvalue weighted by Gasteiger charge is -2.33. The monoisotopic (exact) mass is 513 g/mol. The molecule has 0 N–H and O–H groups in total. The molecular formula is C29H40FN3O4. The Kier molecular flexibility index (Phi) is 12.0. The first-order valence-electron chi connectivity index (χ1n) is 12.5. The molecular weight excluding hydrogens is 473 g/mol. The van der Waals surface area contributed by atoms with Gasteiger partial charge in [0.2, 0.25) is 0 Å². The van der Waals surface area contributed by atoms with Crippen molar-refractivity contribution in [2.24, 2.45) is 5.92 Å². The van der Waals surface area contributed by atoms with E-state index in [1.807, 2.05) is 39.0 Å². The van der Waals surface area contributed by atoms with Crippen molar-refractivity contribution in [2.45, 2.75) is 52.6 Å². The summed E-state index contributed by atoms with van der Waals surface area (Å²) in [6.45, 7) is 11.3. The van der Waals surface area contributed by atoms with E-state index in [-0.39, 0.29) is 17.7 Å². The van der Waals surface area contributed by atoms with Crippen LogP contribution in [0, 0.1) is 30.0 Å². The SMILES string of the molecule is CC(C)(C)OC=O.Cc1ccc(CN(CCC2OCC(CN(C)C)CO2)c2ccc(C#N)cc2)cc1F. The highest BCUT2D eigenvalue weighted by atomic mass is 19.1. The molecule has 1 aliphatic heterocycles. The maximum absolute atomic E-state index is 14.0. The fraction of sp³-hybridized carbons (Fsp3) is 0.517. The van der Waals surface area contributed by atoms with Crippen molar-refractivity contribution in [2.75, 3.05) is 45.3 Å². The minimum absolute atomic E-state index is 0.196. The summed E-state index contributed by atoms with van der Waals surface area (Å²) in [5.74, 6) is 0.194. The summed E-state index contributed by atoms with van der Waals surface area (Å²) in [5.41, 5.74) is 2.82. The van der Waals surface area contributed by atoms with Crippen molar-refractivity contribution >= 4 is 12.2 Å². The van der Waals surface area contributed by atoms with Gasteiger partial charge in [-0.05, 0) is 83.2 Å². The Morgan fingerprint density at radius 3 is 2.27 bits per heavy atom. The Labute approximate surface area is 220 Å². The van der Waals surface area contributed by atoms with Crippen LogP contribution in [-0.2, 0) is 25.5 Å². The quantitative estimate of drug-likeness (QED) is 0.441. The van der Waals surface area contributed by atoms with Crippen LogP contribution in [0.1, 0.15) is 43.9 Å². The predicted molar refractivity (Wildman–Crippen MR) is 143 cm³/mol. The number of aryl methyl sites for hydroxylation is 1. The second-order valence-electron chi connectivity index (χ2n) is 10.5. The molecule has 7 nitrogen and oxygen atoms in total. The van der Waals surface area contributed by atoms with Gasteiger partial charge in [0.25, 0.3) is 6.47 Å². The number of carbonyl (C=O) groups excluding carboxylic acids is 1. The van der Waals surface area contributed by atoms with E-state index in [1.165, 1.54) is 0 Å². The number of nitriles is 1. The Balaban J connectivity index is 0.000000604. The van der Waals surface area contributed by atoms with Crippen molar-refractivity contribution < 1.29 is 23.4 Å². The number of anilines is 1. The molecule has 0 unspecified atom stereocenters. The molecule has 1 saturated heterocycles. The summed E-state index contributed by atoms with van der Waals surface area (Å²) in [6, 6.07) is 15.0. The molecule has 2 aromatic rings. The van der Waals surface area contributed by atoms with Gasteiger partial charge in [-0.3, -0.25) is 4.79 Å². The van der Waals surface area contributed by atoms with Crippen molar-refractivity contribution in [3.63, 3.8) is 0 Å². The average molecular weight is 514 g/mol. The molecule has 1 aliphatic rings. The van der Waals surface area contributed by atoms with Gasteiger partial charge in [-0.2, -0.15) is 5.26 Å². The van der Waals surface area contributed by atoms with E-state index in [9.17, 15) is 9.18 Å². The van der Waals surface area contributed by atoms with Crippen molar-refractivity contribution in [1.82, 2.24) is 4.90 Å². The van der Waals surface area contributed by atoms with E-state index in [1.54, 1.807) is 31.2 Å². The van der Waals surface area contributed by atoms with Crippen molar-refractivity contribution in [3.05, 3.63) is 65.0 Å². The predicted octanol–water partition coefficient (Wildman–Crippen LogP) is 4.91. The van der Waals surface area contributed by atoms with E-state index in [4.69, 9.17) is 14.7 Å². The Morgan fingerprint density at radius 1 is 1.14 bits per heavy atom. The fourth-order valence-corrected chi connectivity index (χ4v) is 3.78. The molecule has 2 aromatic carbocycles. The van der Waals surface area contributed by atoms with Crippen LogP contribution in [0.15, 0.2) is 42.5 Å². The minimum atomic E-state index is -0.318. The first-order chi connectivity index (χ1) is 17.5. The second-order valence-corrected chi connectivity index (χ2v) is 10.5. The third kappa shape index (κ3) is 11.3. The molecule has 1 fully saturated rings. The molecule has 0 amide bonds. The Bertz CT molecular complexity index is 1010. The lowest BCUT2D eigenvalue weighted by atomic mass is 10.1. The van der Waals surface area contributed by atoms with Crippen LogP contribution in [0.25, 0.3) is 0 Å². The number of carbonyl (C=O) groups is 1. The van der Waals surface area contributed by atoms with Crippen molar-refractivity contribution in [1.29, 1.82) is 5.26 Å². The molecule has 0 atom stereocenters. The zero-order chi connectivity index (χ0) is 27.4. The van der Waals surface area contributed by atoms with Crippen LogP contribution in [-0.4, -0.2) is 63.7 Å². The highest BCUT2D eigenvalue weighted by Crippen LogP contribution is 2.22. The second kappa shape index (κ2) is 14.7. The number of nitrogens with zero attached hydrogens (tertiary/aromatic N) is 3. The summed E-state index contributed by atoms with van der Waals surface area (Å²) < 4.78 is 30.4. The standard InChI is InChI=1S/C24H30FN3O2.C5H10O2/c1-18-4-5-20(12-23(18)25)15-28(22-8-6-19(13-26)7-9-22)11-10-24-29-16-21(17-30-24)14-27(2)3;1-5(2,3)7-4-6/h4-9,12,21,24H,10-11,14-17H2,1-3H3;4H,1-3H3. The number of halogens is 1. The van der Waals surface area contributed by atoms with Gasteiger partial charge in [-0.15, -0.1) is 0 Å². The lowest BCUT2D eigenvalue weighted by molar-refractivity contribution is -0.203. The van der Waals surface area contributed by atoms with Crippen molar-refractivity contribution in [3.8, 4) is 6.07 Å². The number of hydrogen-bond acceptors (Lipinski definition) is 7. The molecule has 0 saturated carbocycles. The number of ether oxygens (including phenoxy) is 3. The van der Waals surface area contributed by atoms with E-state index < -0.39 is 0 Å². The smallest absolute Gasteiger partial charge is 0.293 e. The Morgan fingerprint density at radius 2 is 1.78 bits per heavy atom. The highest BCUT2D eigenvalue weighted by molar-refractivity contribution is 5.50. The van der Waals surface area contributed by atoms with Crippen LogP contribution in [0.3, 0.4) is 0 Å². The summed E-state index contributed by atoms with van der Waals surface area (Å²) in [4.78, 5) is 13.9.